The predicted octanol–water partition coefficient (Wildman–Crippen LogP) is 2.57. The van der Waals surface area contributed by atoms with E-state index in [9.17, 15) is 10.1 Å². The van der Waals surface area contributed by atoms with Gasteiger partial charge in [-0.25, -0.2) is 4.98 Å². The molecule has 1 atom stereocenters. The van der Waals surface area contributed by atoms with Gasteiger partial charge in [0.05, 0.1) is 28.8 Å². The van der Waals surface area contributed by atoms with E-state index in [1.807, 2.05) is 4.90 Å². The molecule has 3 heterocycles. The van der Waals surface area contributed by atoms with Crippen LogP contribution in [0, 0.1) is 18.3 Å². The molecule has 3 aromatic rings. The van der Waals surface area contributed by atoms with Crippen LogP contribution in [0.1, 0.15) is 36.5 Å². The van der Waals surface area contributed by atoms with E-state index in [4.69, 9.17) is 0 Å². The molecule has 1 aliphatic heterocycles. The van der Waals surface area contributed by atoms with Gasteiger partial charge in [0.15, 0.2) is 5.65 Å². The maximum Gasteiger partial charge on any atom is 0.231 e. The van der Waals surface area contributed by atoms with Crippen LogP contribution in [-0.4, -0.2) is 64.8 Å². The third-order valence-electron chi connectivity index (χ3n) is 5.99. The zero-order chi connectivity index (χ0) is 22.7. The van der Waals surface area contributed by atoms with E-state index >= 15 is 0 Å². The quantitative estimate of drug-likeness (QED) is 0.622. The predicted molar refractivity (Wildman–Crippen MR) is 124 cm³/mol. The summed E-state index contributed by atoms with van der Waals surface area (Å²) < 4.78 is 0. The van der Waals surface area contributed by atoms with Gasteiger partial charge in [0, 0.05) is 45.0 Å². The number of H-pyrrole nitrogens is 1. The van der Waals surface area contributed by atoms with Crippen molar-refractivity contribution in [1.29, 1.82) is 5.26 Å². The number of carbonyl (C=O) groups is 1. The maximum absolute atomic E-state index is 13.5. The fourth-order valence-electron chi connectivity index (χ4n) is 4.18. The third-order valence-corrected chi connectivity index (χ3v) is 5.99. The van der Waals surface area contributed by atoms with Crippen LogP contribution in [0.25, 0.3) is 11.0 Å². The molecule has 0 spiro atoms. The second-order valence-electron chi connectivity index (χ2n) is 8.60. The Hall–Kier alpha value is -3.44. The van der Waals surface area contributed by atoms with Gasteiger partial charge in [-0.3, -0.25) is 9.89 Å². The second-order valence-corrected chi connectivity index (χ2v) is 8.60. The Kier molecular flexibility index (Phi) is 6.37. The number of nitriles is 1. The van der Waals surface area contributed by atoms with Crippen molar-refractivity contribution >= 4 is 22.6 Å². The van der Waals surface area contributed by atoms with Gasteiger partial charge in [0.25, 0.3) is 0 Å². The zero-order valence-corrected chi connectivity index (χ0v) is 18.8. The fraction of sp³-hybridized carbons (Fsp3) is 0.417. The van der Waals surface area contributed by atoms with Crippen molar-refractivity contribution < 1.29 is 4.79 Å². The van der Waals surface area contributed by atoms with Crippen LogP contribution in [0.4, 0.5) is 5.69 Å². The van der Waals surface area contributed by atoms with E-state index in [0.717, 1.165) is 16.6 Å². The van der Waals surface area contributed by atoms with Gasteiger partial charge in [0.1, 0.15) is 6.07 Å². The molecule has 166 valence electrons. The van der Waals surface area contributed by atoms with E-state index in [2.05, 4.69) is 76.5 Å². The highest BCUT2D eigenvalue weighted by Crippen LogP contribution is 2.29. The molecule has 8 nitrogen and oxygen atoms in total. The summed E-state index contributed by atoms with van der Waals surface area (Å²) in [7, 11) is 0. The van der Waals surface area contributed by atoms with Crippen molar-refractivity contribution in [1.82, 2.24) is 25.4 Å². The Bertz CT molecular complexity index is 1120. The van der Waals surface area contributed by atoms with Gasteiger partial charge in [0.2, 0.25) is 5.91 Å². The molecule has 0 radical (unpaired) electrons. The summed E-state index contributed by atoms with van der Waals surface area (Å²) in [4.78, 5) is 21.9. The van der Waals surface area contributed by atoms with Gasteiger partial charge < -0.3 is 15.1 Å². The standard InChI is InChI=1S/C24H29N7O/c1-16(2)26-14-20(18-6-4-17(3)5-7-18)24(32)31-10-8-30(9-11-31)22-19(12-25)13-27-23-21(22)15-28-29-23/h4-7,13,15-16,20,26H,8-11,14H2,1-3H3,(H,27,28,29)/t20-/m1/s1. The molecule has 0 bridgehead atoms. The molecule has 1 aliphatic rings. The molecule has 32 heavy (non-hydrogen) atoms. The van der Waals surface area contributed by atoms with Crippen molar-refractivity contribution in [3.8, 4) is 6.07 Å². The number of nitrogens with zero attached hydrogens (tertiary/aromatic N) is 5. The lowest BCUT2D eigenvalue weighted by molar-refractivity contribution is -0.133. The number of piperazine rings is 1. The van der Waals surface area contributed by atoms with Crippen molar-refractivity contribution in [3.05, 3.63) is 53.3 Å². The van der Waals surface area contributed by atoms with E-state index < -0.39 is 0 Å². The van der Waals surface area contributed by atoms with Gasteiger partial charge in [-0.1, -0.05) is 43.7 Å². The number of fused-ring (bicyclic) bond motifs is 1. The minimum atomic E-state index is -0.222. The van der Waals surface area contributed by atoms with Crippen LogP contribution in [0.15, 0.2) is 36.7 Å². The lowest BCUT2D eigenvalue weighted by Gasteiger charge is -2.38. The molecule has 1 fully saturated rings. The molecule has 1 aromatic carbocycles. The first-order chi connectivity index (χ1) is 15.5. The number of hydrogen-bond acceptors (Lipinski definition) is 6. The van der Waals surface area contributed by atoms with Crippen LogP contribution >= 0.6 is 0 Å². The van der Waals surface area contributed by atoms with Crippen LogP contribution in [-0.2, 0) is 4.79 Å². The Morgan fingerprint density at radius 1 is 1.19 bits per heavy atom. The Labute approximate surface area is 188 Å². The number of amides is 1. The summed E-state index contributed by atoms with van der Waals surface area (Å²) in [6, 6.07) is 10.8. The van der Waals surface area contributed by atoms with E-state index in [-0.39, 0.29) is 11.8 Å². The molecular weight excluding hydrogens is 402 g/mol. The minimum absolute atomic E-state index is 0.144. The highest BCUT2D eigenvalue weighted by molar-refractivity contribution is 5.92. The second kappa shape index (κ2) is 9.37. The molecular formula is C24H29N7O. The first-order valence-electron chi connectivity index (χ1n) is 11.0. The van der Waals surface area contributed by atoms with Crippen molar-refractivity contribution in [3.63, 3.8) is 0 Å². The van der Waals surface area contributed by atoms with Crippen molar-refractivity contribution in [2.24, 2.45) is 0 Å². The summed E-state index contributed by atoms with van der Waals surface area (Å²) in [5, 5.41) is 20.8. The number of aromatic nitrogens is 3. The summed E-state index contributed by atoms with van der Waals surface area (Å²) in [6.07, 6.45) is 3.29. The highest BCUT2D eigenvalue weighted by atomic mass is 16.2. The Morgan fingerprint density at radius 3 is 2.56 bits per heavy atom. The first-order valence-corrected chi connectivity index (χ1v) is 11.0. The Morgan fingerprint density at radius 2 is 1.91 bits per heavy atom. The van der Waals surface area contributed by atoms with Crippen LogP contribution < -0.4 is 10.2 Å². The third kappa shape index (κ3) is 4.43. The van der Waals surface area contributed by atoms with E-state index in [0.29, 0.717) is 50.0 Å². The molecule has 0 unspecified atom stereocenters. The number of hydrogen-bond donors (Lipinski definition) is 2. The van der Waals surface area contributed by atoms with Gasteiger partial charge in [-0.15, -0.1) is 0 Å². The number of carbonyl (C=O) groups excluding carboxylic acids is 1. The van der Waals surface area contributed by atoms with E-state index in [1.165, 1.54) is 5.56 Å². The number of nitrogens with one attached hydrogen (secondary N) is 2. The topological polar surface area (TPSA) is 101 Å². The SMILES string of the molecule is Cc1ccc([C@@H](CNC(C)C)C(=O)N2CCN(c3c(C#N)cnc4[nH]ncc34)CC2)cc1. The van der Waals surface area contributed by atoms with Gasteiger partial charge in [-0.2, -0.15) is 10.4 Å². The molecule has 0 saturated carbocycles. The summed E-state index contributed by atoms with van der Waals surface area (Å²) >= 11 is 0. The number of benzene rings is 1. The molecule has 4 rings (SSSR count). The first kappa shape index (κ1) is 21.8. The molecule has 1 saturated heterocycles. The number of pyridine rings is 1. The summed E-state index contributed by atoms with van der Waals surface area (Å²) in [6.45, 7) is 9.37. The molecule has 0 aliphatic carbocycles. The number of aryl methyl sites for hydroxylation is 1. The number of anilines is 1. The summed E-state index contributed by atoms with van der Waals surface area (Å²) in [5.41, 5.74) is 4.25. The molecule has 2 N–H and O–H groups in total. The molecule has 2 aromatic heterocycles. The van der Waals surface area contributed by atoms with Gasteiger partial charge in [-0.05, 0) is 12.5 Å². The summed E-state index contributed by atoms with van der Waals surface area (Å²) in [5.74, 6) is -0.0777. The molecule has 1 amide bonds. The highest BCUT2D eigenvalue weighted by Gasteiger charge is 2.30. The normalized spacial score (nSPS) is 15.2. The lowest BCUT2D eigenvalue weighted by atomic mass is 9.95. The van der Waals surface area contributed by atoms with Crippen LogP contribution in [0.2, 0.25) is 0 Å². The number of aromatic amines is 1. The van der Waals surface area contributed by atoms with Crippen LogP contribution in [0.3, 0.4) is 0 Å². The average molecular weight is 432 g/mol. The fourth-order valence-corrected chi connectivity index (χ4v) is 4.18. The molecule has 8 heteroatoms. The van der Waals surface area contributed by atoms with Gasteiger partial charge >= 0.3 is 0 Å². The number of rotatable bonds is 6. The minimum Gasteiger partial charge on any atom is -0.366 e. The smallest absolute Gasteiger partial charge is 0.231 e. The largest absolute Gasteiger partial charge is 0.366 e. The monoisotopic (exact) mass is 431 g/mol. The lowest BCUT2D eigenvalue weighted by Crippen LogP contribution is -2.51. The van der Waals surface area contributed by atoms with Crippen molar-refractivity contribution in [2.75, 3.05) is 37.6 Å². The zero-order valence-electron chi connectivity index (χ0n) is 18.8. The van der Waals surface area contributed by atoms with Crippen LogP contribution in [0.5, 0.6) is 0 Å². The maximum atomic E-state index is 13.5. The average Bonchev–Trinajstić information content (AvgIpc) is 3.28. The van der Waals surface area contributed by atoms with E-state index in [1.54, 1.807) is 12.4 Å². The Balaban J connectivity index is 1.51. The van der Waals surface area contributed by atoms with Crippen molar-refractivity contribution in [2.45, 2.75) is 32.7 Å².